The Kier molecular flexibility index (Phi) is 6.08. The molecular weight excluding hydrogens is 477 g/mol. The Hall–Kier alpha value is -4.00. The molecule has 4 N–H and O–H groups in total. The number of aromatic amines is 1. The highest BCUT2D eigenvalue weighted by Gasteiger charge is 2.31. The van der Waals surface area contributed by atoms with Gasteiger partial charge in [0, 0.05) is 18.2 Å². The van der Waals surface area contributed by atoms with E-state index in [0.717, 1.165) is 38.1 Å². The van der Waals surface area contributed by atoms with E-state index >= 15 is 0 Å². The van der Waals surface area contributed by atoms with Gasteiger partial charge in [-0.2, -0.15) is 13.2 Å². The van der Waals surface area contributed by atoms with Crippen molar-refractivity contribution >= 4 is 22.8 Å². The molecule has 1 aromatic carbocycles. The summed E-state index contributed by atoms with van der Waals surface area (Å²) in [5.74, 6) is 0.398. The van der Waals surface area contributed by atoms with E-state index in [1.807, 2.05) is 0 Å². The second-order valence-electron chi connectivity index (χ2n) is 8.69. The Morgan fingerprint density at radius 2 is 2.03 bits per heavy atom. The zero-order chi connectivity index (χ0) is 25.4. The van der Waals surface area contributed by atoms with Crippen molar-refractivity contribution in [2.24, 2.45) is 0 Å². The molecule has 0 unspecified atom stereocenters. The first-order valence-electron chi connectivity index (χ1n) is 11.4. The molecule has 0 spiro atoms. The first-order valence-corrected chi connectivity index (χ1v) is 11.4. The van der Waals surface area contributed by atoms with Gasteiger partial charge in [0.05, 0.1) is 22.6 Å². The Morgan fingerprint density at radius 3 is 2.78 bits per heavy atom. The summed E-state index contributed by atoms with van der Waals surface area (Å²) in [6.07, 6.45) is -1.03. The number of rotatable bonds is 6. The molecule has 1 aliphatic rings. The summed E-state index contributed by atoms with van der Waals surface area (Å²) in [6.45, 7) is 4.04. The number of hydrogen-bond donors (Lipinski definition) is 3. The quantitative estimate of drug-likeness (QED) is 0.364. The van der Waals surface area contributed by atoms with E-state index in [9.17, 15) is 18.0 Å². The van der Waals surface area contributed by atoms with Gasteiger partial charge < -0.3 is 20.6 Å². The molecule has 0 aliphatic carbocycles. The van der Waals surface area contributed by atoms with Gasteiger partial charge in [0.25, 0.3) is 5.91 Å². The van der Waals surface area contributed by atoms with Gasteiger partial charge in [-0.3, -0.25) is 9.69 Å². The minimum absolute atomic E-state index is 0.193. The minimum atomic E-state index is -4.46. The van der Waals surface area contributed by atoms with Gasteiger partial charge in [0.15, 0.2) is 11.6 Å². The number of nitrogens with two attached hydrogens (primary N) is 1. The monoisotopic (exact) mass is 500 g/mol. The number of hydrogen-bond acceptors (Lipinski definition) is 8. The molecule has 36 heavy (non-hydrogen) atoms. The molecule has 4 aromatic rings. The van der Waals surface area contributed by atoms with Crippen LogP contribution in [0.5, 0.6) is 0 Å². The number of amides is 1. The summed E-state index contributed by atoms with van der Waals surface area (Å²) in [5, 5.41) is 6.79. The van der Waals surface area contributed by atoms with Crippen molar-refractivity contribution in [1.29, 1.82) is 0 Å². The highest BCUT2D eigenvalue weighted by Crippen LogP contribution is 2.32. The molecule has 1 atom stereocenters. The Labute approximate surface area is 203 Å². The number of nitrogen functional groups attached to an aromatic ring is 1. The average Bonchev–Trinajstić information content (AvgIpc) is 3.59. The molecule has 0 saturated carbocycles. The average molecular weight is 500 g/mol. The number of H-pyrrole nitrogens is 1. The van der Waals surface area contributed by atoms with Crippen LogP contribution in [0.2, 0.25) is 0 Å². The topological polar surface area (TPSA) is 139 Å². The zero-order valence-electron chi connectivity index (χ0n) is 19.3. The van der Waals surface area contributed by atoms with Gasteiger partial charge >= 0.3 is 6.18 Å². The van der Waals surface area contributed by atoms with Crippen LogP contribution < -0.4 is 11.1 Å². The van der Waals surface area contributed by atoms with E-state index in [2.05, 4.69) is 35.3 Å². The summed E-state index contributed by atoms with van der Waals surface area (Å²) >= 11 is 0. The molecule has 1 saturated heterocycles. The standard InChI is InChI=1S/C23H23F3N8O2/c1-12(30-22(35)19-14(20(27)29-11-28-19)10-34-6-2-3-7-34)18-9-17(33-36-18)21-31-15-5-4-13(23(24,25)26)8-16(15)32-21/h4-5,8-9,11-12H,2-3,6-7,10H2,1H3,(H,30,35)(H,31,32)(H2,27,28,29)/t12-/m0/s1. The van der Waals surface area contributed by atoms with Crippen LogP contribution in [0, 0.1) is 0 Å². The van der Waals surface area contributed by atoms with E-state index in [4.69, 9.17) is 10.3 Å². The Bertz CT molecular complexity index is 1410. The summed E-state index contributed by atoms with van der Waals surface area (Å²) in [6, 6.07) is 4.22. The number of aromatic nitrogens is 5. The molecule has 1 fully saturated rings. The number of fused-ring (bicyclic) bond motifs is 1. The van der Waals surface area contributed by atoms with Gasteiger partial charge in [-0.15, -0.1) is 0 Å². The Morgan fingerprint density at radius 1 is 1.25 bits per heavy atom. The number of carbonyl (C=O) groups excluding carboxylic acids is 1. The highest BCUT2D eigenvalue weighted by molar-refractivity contribution is 5.94. The van der Waals surface area contributed by atoms with Gasteiger partial charge in [0.2, 0.25) is 0 Å². The van der Waals surface area contributed by atoms with E-state index < -0.39 is 23.7 Å². The van der Waals surface area contributed by atoms with Crippen LogP contribution in [-0.2, 0) is 12.7 Å². The van der Waals surface area contributed by atoms with E-state index in [1.54, 1.807) is 13.0 Å². The van der Waals surface area contributed by atoms with E-state index in [1.165, 1.54) is 12.4 Å². The summed E-state index contributed by atoms with van der Waals surface area (Å²) in [5.41, 5.74) is 6.90. The number of nitrogens with zero attached hydrogens (tertiary/aromatic N) is 5. The SMILES string of the molecule is C[C@H](NC(=O)c1ncnc(N)c1CN1CCCC1)c1cc(-c2nc3ccc(C(F)(F)F)cc3[nH]2)no1. The Balaban J connectivity index is 1.33. The normalized spacial score (nSPS) is 15.4. The van der Waals surface area contributed by atoms with Crippen molar-refractivity contribution in [1.82, 2.24) is 35.3 Å². The molecule has 1 aliphatic heterocycles. The molecule has 0 radical (unpaired) electrons. The first-order chi connectivity index (χ1) is 17.2. The third-order valence-corrected chi connectivity index (χ3v) is 6.13. The summed E-state index contributed by atoms with van der Waals surface area (Å²) in [7, 11) is 0. The molecule has 3 aromatic heterocycles. The molecule has 10 nitrogen and oxygen atoms in total. The number of anilines is 1. The zero-order valence-corrected chi connectivity index (χ0v) is 19.3. The van der Waals surface area contributed by atoms with Crippen LogP contribution in [0.4, 0.5) is 19.0 Å². The lowest BCUT2D eigenvalue weighted by atomic mass is 10.1. The van der Waals surface area contributed by atoms with Crippen LogP contribution in [0.15, 0.2) is 35.1 Å². The molecule has 13 heteroatoms. The fourth-order valence-corrected chi connectivity index (χ4v) is 4.19. The van der Waals surface area contributed by atoms with Crippen molar-refractivity contribution in [3.05, 3.63) is 53.2 Å². The fraction of sp³-hybridized carbons (Fsp3) is 0.348. The predicted octanol–water partition coefficient (Wildman–Crippen LogP) is 3.70. The van der Waals surface area contributed by atoms with Gasteiger partial charge in [-0.1, -0.05) is 5.16 Å². The van der Waals surface area contributed by atoms with Crippen LogP contribution in [0.1, 0.15) is 53.2 Å². The van der Waals surface area contributed by atoms with Gasteiger partial charge in [-0.25, -0.2) is 15.0 Å². The van der Waals surface area contributed by atoms with Crippen molar-refractivity contribution < 1.29 is 22.5 Å². The number of alkyl halides is 3. The number of halogens is 3. The molecule has 5 rings (SSSR count). The lowest BCUT2D eigenvalue weighted by molar-refractivity contribution is -0.137. The first kappa shape index (κ1) is 23.7. The second kappa shape index (κ2) is 9.22. The smallest absolute Gasteiger partial charge is 0.383 e. The fourth-order valence-electron chi connectivity index (χ4n) is 4.19. The van der Waals surface area contributed by atoms with Crippen LogP contribution >= 0.6 is 0 Å². The maximum atomic E-state index is 13.0. The third-order valence-electron chi connectivity index (χ3n) is 6.13. The number of imidazole rings is 1. The number of carbonyl (C=O) groups is 1. The van der Waals surface area contributed by atoms with Gasteiger partial charge in [0.1, 0.15) is 23.5 Å². The lowest BCUT2D eigenvalue weighted by Gasteiger charge is -2.18. The van der Waals surface area contributed by atoms with Gasteiger partial charge in [-0.05, 0) is 51.1 Å². The number of benzene rings is 1. The summed E-state index contributed by atoms with van der Waals surface area (Å²) < 4.78 is 44.4. The predicted molar refractivity (Wildman–Crippen MR) is 123 cm³/mol. The molecule has 0 bridgehead atoms. The van der Waals surface area contributed by atoms with Crippen molar-refractivity contribution in [2.45, 2.75) is 38.5 Å². The van der Waals surface area contributed by atoms with Crippen molar-refractivity contribution in [3.63, 3.8) is 0 Å². The molecule has 188 valence electrons. The van der Waals surface area contributed by atoms with Crippen molar-refractivity contribution in [2.75, 3.05) is 18.8 Å². The van der Waals surface area contributed by atoms with E-state index in [0.29, 0.717) is 23.4 Å². The highest BCUT2D eigenvalue weighted by atomic mass is 19.4. The number of likely N-dealkylation sites (tertiary alicyclic amines) is 1. The largest absolute Gasteiger partial charge is 0.416 e. The third kappa shape index (κ3) is 4.73. The molecule has 4 heterocycles. The number of nitrogens with one attached hydrogen (secondary N) is 2. The lowest BCUT2D eigenvalue weighted by Crippen LogP contribution is -2.30. The summed E-state index contributed by atoms with van der Waals surface area (Å²) in [4.78, 5) is 30.5. The van der Waals surface area contributed by atoms with E-state index in [-0.39, 0.29) is 28.5 Å². The van der Waals surface area contributed by atoms with Crippen LogP contribution in [-0.4, -0.2) is 49.0 Å². The van der Waals surface area contributed by atoms with Crippen LogP contribution in [0.25, 0.3) is 22.6 Å². The molecular formula is C23H23F3N8O2. The second-order valence-corrected chi connectivity index (χ2v) is 8.69. The van der Waals surface area contributed by atoms with Crippen LogP contribution in [0.3, 0.4) is 0 Å². The maximum Gasteiger partial charge on any atom is 0.416 e. The maximum absolute atomic E-state index is 13.0. The van der Waals surface area contributed by atoms with Crippen molar-refractivity contribution in [3.8, 4) is 11.5 Å². The minimum Gasteiger partial charge on any atom is -0.383 e. The molecule has 1 amide bonds.